The number of nitrogens with zero attached hydrogens (tertiary/aromatic N) is 2. The van der Waals surface area contributed by atoms with Gasteiger partial charge in [-0.3, -0.25) is 10.1 Å². The SMILES string of the molecule is Cc1noc(C=Cc2ccc(OCc3ccccc3Cl)c(Br)c2)c1[N+](=O)[O-]. The second kappa shape index (κ2) is 8.37. The maximum absolute atomic E-state index is 11.1. The summed E-state index contributed by atoms with van der Waals surface area (Å²) < 4.78 is 11.6. The molecular weight excluding hydrogens is 436 g/mol. The smallest absolute Gasteiger partial charge is 0.338 e. The number of rotatable bonds is 6. The third-order valence-electron chi connectivity index (χ3n) is 3.76. The quantitative estimate of drug-likeness (QED) is 0.338. The summed E-state index contributed by atoms with van der Waals surface area (Å²) in [4.78, 5) is 10.6. The van der Waals surface area contributed by atoms with Crippen LogP contribution in [0.1, 0.15) is 22.6 Å². The van der Waals surface area contributed by atoms with Crippen LogP contribution in [-0.2, 0) is 6.61 Å². The van der Waals surface area contributed by atoms with Gasteiger partial charge in [0.15, 0.2) is 5.69 Å². The van der Waals surface area contributed by atoms with Crippen LogP contribution in [-0.4, -0.2) is 10.1 Å². The van der Waals surface area contributed by atoms with E-state index >= 15 is 0 Å². The van der Waals surface area contributed by atoms with Crippen LogP contribution in [0.2, 0.25) is 5.02 Å². The van der Waals surface area contributed by atoms with E-state index in [1.54, 1.807) is 12.1 Å². The standard InChI is InChI=1S/C19H14BrClN2O4/c1-12-19(23(24)25)18(27-22-12)9-7-13-6-8-17(15(20)10-13)26-11-14-4-2-3-5-16(14)21/h2-10H,11H2,1H3. The highest BCUT2D eigenvalue weighted by molar-refractivity contribution is 9.10. The lowest BCUT2D eigenvalue weighted by Gasteiger charge is -2.10. The first-order chi connectivity index (χ1) is 13.0. The molecule has 0 bridgehead atoms. The Morgan fingerprint density at radius 3 is 2.78 bits per heavy atom. The van der Waals surface area contributed by atoms with Crippen molar-refractivity contribution >= 4 is 45.4 Å². The molecule has 8 heteroatoms. The van der Waals surface area contributed by atoms with Crippen molar-refractivity contribution in [3.63, 3.8) is 0 Å². The van der Waals surface area contributed by atoms with Crippen LogP contribution in [0.25, 0.3) is 12.2 Å². The fourth-order valence-electron chi connectivity index (χ4n) is 2.39. The Balaban J connectivity index is 1.73. The van der Waals surface area contributed by atoms with Crippen molar-refractivity contribution in [3.05, 3.63) is 84.7 Å². The summed E-state index contributed by atoms with van der Waals surface area (Å²) in [5.74, 6) is 0.765. The highest BCUT2D eigenvalue weighted by Crippen LogP contribution is 2.29. The normalized spacial score (nSPS) is 11.1. The number of benzene rings is 2. The minimum absolute atomic E-state index is 0.104. The topological polar surface area (TPSA) is 78.4 Å². The maximum Gasteiger partial charge on any atom is 0.338 e. The first-order valence-corrected chi connectivity index (χ1v) is 9.07. The van der Waals surface area contributed by atoms with Gasteiger partial charge >= 0.3 is 5.69 Å². The first kappa shape index (κ1) is 19.1. The molecule has 3 aromatic rings. The van der Waals surface area contributed by atoms with Gasteiger partial charge in [0.1, 0.15) is 12.4 Å². The summed E-state index contributed by atoms with van der Waals surface area (Å²) in [7, 11) is 0. The van der Waals surface area contributed by atoms with E-state index in [9.17, 15) is 10.1 Å². The van der Waals surface area contributed by atoms with Crippen LogP contribution in [0.5, 0.6) is 5.75 Å². The van der Waals surface area contributed by atoms with Crippen molar-refractivity contribution in [1.29, 1.82) is 0 Å². The zero-order valence-electron chi connectivity index (χ0n) is 14.2. The van der Waals surface area contributed by atoms with Gasteiger partial charge in [-0.2, -0.15) is 0 Å². The van der Waals surface area contributed by atoms with E-state index in [1.165, 1.54) is 13.0 Å². The highest BCUT2D eigenvalue weighted by atomic mass is 79.9. The molecule has 0 N–H and O–H groups in total. The molecule has 0 radical (unpaired) electrons. The van der Waals surface area contributed by atoms with Gasteiger partial charge in [-0.1, -0.05) is 47.1 Å². The van der Waals surface area contributed by atoms with Crippen molar-refractivity contribution in [2.75, 3.05) is 0 Å². The molecule has 0 aliphatic rings. The van der Waals surface area contributed by atoms with E-state index in [2.05, 4.69) is 21.1 Å². The van der Waals surface area contributed by atoms with Crippen LogP contribution >= 0.6 is 27.5 Å². The molecule has 0 amide bonds. The minimum atomic E-state index is -0.507. The van der Waals surface area contributed by atoms with Crippen LogP contribution in [0, 0.1) is 17.0 Å². The number of aromatic nitrogens is 1. The predicted molar refractivity (Wildman–Crippen MR) is 107 cm³/mol. The zero-order chi connectivity index (χ0) is 19.4. The molecule has 1 heterocycles. The molecular formula is C19H14BrClN2O4. The van der Waals surface area contributed by atoms with Gasteiger partial charge in [-0.15, -0.1) is 0 Å². The molecule has 0 fully saturated rings. The van der Waals surface area contributed by atoms with E-state index in [4.69, 9.17) is 20.9 Å². The van der Waals surface area contributed by atoms with E-state index < -0.39 is 4.92 Å². The Morgan fingerprint density at radius 2 is 2.07 bits per heavy atom. The molecule has 138 valence electrons. The van der Waals surface area contributed by atoms with Gasteiger partial charge in [0.25, 0.3) is 0 Å². The average Bonchev–Trinajstić information content (AvgIpc) is 3.01. The molecule has 1 aromatic heterocycles. The maximum atomic E-state index is 11.1. The summed E-state index contributed by atoms with van der Waals surface area (Å²) >= 11 is 9.60. The number of hydrogen-bond acceptors (Lipinski definition) is 5. The predicted octanol–water partition coefficient (Wildman–Crippen LogP) is 6.06. The molecule has 0 spiro atoms. The summed E-state index contributed by atoms with van der Waals surface area (Å²) in [6, 6.07) is 13.0. The third-order valence-corrected chi connectivity index (χ3v) is 4.75. The Bertz CT molecular complexity index is 1020. The summed E-state index contributed by atoms with van der Waals surface area (Å²) in [5, 5.41) is 15.3. The Morgan fingerprint density at radius 1 is 1.30 bits per heavy atom. The molecule has 0 atom stereocenters. The van der Waals surface area contributed by atoms with Crippen molar-refractivity contribution < 1.29 is 14.2 Å². The van der Waals surface area contributed by atoms with Crippen molar-refractivity contribution in [2.24, 2.45) is 0 Å². The van der Waals surface area contributed by atoms with Crippen molar-refractivity contribution in [2.45, 2.75) is 13.5 Å². The fourth-order valence-corrected chi connectivity index (χ4v) is 3.10. The van der Waals surface area contributed by atoms with Gasteiger partial charge in [-0.25, -0.2) is 0 Å². The Labute approximate surface area is 168 Å². The summed E-state index contributed by atoms with van der Waals surface area (Å²) in [6.07, 6.45) is 3.22. The van der Waals surface area contributed by atoms with E-state index in [0.29, 0.717) is 17.4 Å². The van der Waals surface area contributed by atoms with Crippen LogP contribution < -0.4 is 4.74 Å². The lowest BCUT2D eigenvalue weighted by Crippen LogP contribution is -1.96. The molecule has 0 saturated heterocycles. The van der Waals surface area contributed by atoms with Crippen LogP contribution in [0.4, 0.5) is 5.69 Å². The second-order valence-corrected chi connectivity index (χ2v) is 6.90. The Kier molecular flexibility index (Phi) is 5.93. The lowest BCUT2D eigenvalue weighted by molar-refractivity contribution is -0.386. The number of hydrogen-bond donors (Lipinski definition) is 0. The van der Waals surface area contributed by atoms with Gasteiger partial charge in [-0.05, 0) is 52.7 Å². The molecule has 27 heavy (non-hydrogen) atoms. The van der Waals surface area contributed by atoms with Gasteiger partial charge in [0.2, 0.25) is 5.76 Å². The Hall–Kier alpha value is -2.64. The molecule has 0 unspecified atom stereocenters. The molecule has 0 aliphatic heterocycles. The number of halogens is 2. The van der Waals surface area contributed by atoms with E-state index in [-0.39, 0.29) is 17.1 Å². The van der Waals surface area contributed by atoms with Gasteiger partial charge in [0, 0.05) is 10.6 Å². The second-order valence-electron chi connectivity index (χ2n) is 5.64. The molecule has 0 aliphatic carbocycles. The summed E-state index contributed by atoms with van der Waals surface area (Å²) in [6.45, 7) is 1.87. The zero-order valence-corrected chi connectivity index (χ0v) is 16.5. The number of nitro groups is 1. The molecule has 6 nitrogen and oxygen atoms in total. The van der Waals surface area contributed by atoms with Crippen molar-refractivity contribution in [1.82, 2.24) is 5.16 Å². The molecule has 0 saturated carbocycles. The van der Waals surface area contributed by atoms with Crippen LogP contribution in [0.15, 0.2) is 51.5 Å². The minimum Gasteiger partial charge on any atom is -0.488 e. The third kappa shape index (κ3) is 4.56. The summed E-state index contributed by atoms with van der Waals surface area (Å²) in [5.41, 5.74) is 1.81. The van der Waals surface area contributed by atoms with Gasteiger partial charge < -0.3 is 9.26 Å². The lowest BCUT2D eigenvalue weighted by atomic mass is 10.2. The van der Waals surface area contributed by atoms with E-state index in [0.717, 1.165) is 15.6 Å². The number of aryl methyl sites for hydroxylation is 1. The van der Waals surface area contributed by atoms with E-state index in [1.807, 2.05) is 36.4 Å². The molecule has 2 aromatic carbocycles. The van der Waals surface area contributed by atoms with Crippen LogP contribution in [0.3, 0.4) is 0 Å². The highest BCUT2D eigenvalue weighted by Gasteiger charge is 2.21. The fraction of sp³-hybridized carbons (Fsp3) is 0.105. The van der Waals surface area contributed by atoms with Crippen molar-refractivity contribution in [3.8, 4) is 5.75 Å². The largest absolute Gasteiger partial charge is 0.488 e. The number of ether oxygens (including phenoxy) is 1. The van der Waals surface area contributed by atoms with Gasteiger partial charge in [0.05, 0.1) is 9.40 Å². The monoisotopic (exact) mass is 448 g/mol. The average molecular weight is 450 g/mol. The first-order valence-electron chi connectivity index (χ1n) is 7.90. The molecule has 3 rings (SSSR count).